The molecule has 0 N–H and O–H groups in total. The summed E-state index contributed by atoms with van der Waals surface area (Å²) in [5.74, 6) is 0.357. The maximum Gasteiger partial charge on any atom is 0.243 e. The quantitative estimate of drug-likeness (QED) is 0.660. The Kier molecular flexibility index (Phi) is 5.44. The Morgan fingerprint density at radius 3 is 2.44 bits per heavy atom. The number of benzene rings is 2. The number of rotatable bonds is 4. The Hall–Kier alpha value is -1.56. The third-order valence-corrected chi connectivity index (χ3v) is 8.48. The first kappa shape index (κ1) is 18.8. The van der Waals surface area contributed by atoms with Crippen LogP contribution in [-0.2, 0) is 10.0 Å². The zero-order valence-electron chi connectivity index (χ0n) is 15.5. The number of hydrogen-bond donors (Lipinski definition) is 0. The van der Waals surface area contributed by atoms with Crippen LogP contribution < -0.4 is 0 Å². The van der Waals surface area contributed by atoms with Crippen LogP contribution in [0.1, 0.15) is 31.2 Å². The molecule has 2 aliphatic rings. The molecule has 1 heterocycles. The summed E-state index contributed by atoms with van der Waals surface area (Å²) in [5.41, 5.74) is 2.34. The molecule has 2 atom stereocenters. The van der Waals surface area contributed by atoms with Gasteiger partial charge in [-0.25, -0.2) is 8.42 Å². The van der Waals surface area contributed by atoms with Crippen molar-refractivity contribution >= 4 is 21.8 Å². The topological polar surface area (TPSA) is 37.4 Å². The predicted molar refractivity (Wildman–Crippen MR) is 111 cm³/mol. The standard InChI is InChI=1S/C22H25NO2S2/c1-17-11-13-20(14-12-17)27(24,25)23-15-18(21-9-5-6-10-22(21)23)16-26-19-7-3-2-4-8-19/h2-4,7-8,11-14,16,21-22H,5-6,9-10,15H2,1H3/b18-16+/t21-,22-/m1/s1. The lowest BCUT2D eigenvalue weighted by molar-refractivity contribution is 0.268. The molecule has 1 aliphatic heterocycles. The first-order valence-corrected chi connectivity index (χ1v) is 11.9. The second kappa shape index (κ2) is 7.82. The van der Waals surface area contributed by atoms with Gasteiger partial charge in [0.1, 0.15) is 0 Å². The highest BCUT2D eigenvalue weighted by atomic mass is 32.2. The molecular weight excluding hydrogens is 374 g/mol. The van der Waals surface area contributed by atoms with Crippen molar-refractivity contribution in [3.8, 4) is 0 Å². The third kappa shape index (κ3) is 3.86. The molecule has 1 saturated heterocycles. The van der Waals surface area contributed by atoms with Gasteiger partial charge in [-0.1, -0.05) is 60.5 Å². The fraction of sp³-hybridized carbons (Fsp3) is 0.364. The summed E-state index contributed by atoms with van der Waals surface area (Å²) in [4.78, 5) is 1.60. The minimum absolute atomic E-state index is 0.104. The van der Waals surface area contributed by atoms with Crippen molar-refractivity contribution in [3.05, 3.63) is 71.1 Å². The van der Waals surface area contributed by atoms with Gasteiger partial charge in [0.2, 0.25) is 10.0 Å². The Bertz CT molecular complexity index is 921. The van der Waals surface area contributed by atoms with E-state index in [0.717, 1.165) is 24.8 Å². The van der Waals surface area contributed by atoms with E-state index in [1.54, 1.807) is 28.2 Å². The van der Waals surface area contributed by atoms with Crippen LogP contribution in [0.4, 0.5) is 0 Å². The minimum Gasteiger partial charge on any atom is -0.207 e. The maximum atomic E-state index is 13.3. The molecule has 0 spiro atoms. The smallest absolute Gasteiger partial charge is 0.207 e. The summed E-state index contributed by atoms with van der Waals surface area (Å²) >= 11 is 1.70. The van der Waals surface area contributed by atoms with Gasteiger partial charge in [0, 0.05) is 17.5 Å². The van der Waals surface area contributed by atoms with Crippen LogP contribution >= 0.6 is 11.8 Å². The highest BCUT2D eigenvalue weighted by Gasteiger charge is 2.45. The molecule has 142 valence electrons. The first-order valence-electron chi connectivity index (χ1n) is 9.55. The molecule has 2 aromatic rings. The highest BCUT2D eigenvalue weighted by Crippen LogP contribution is 2.43. The highest BCUT2D eigenvalue weighted by molar-refractivity contribution is 8.02. The largest absolute Gasteiger partial charge is 0.243 e. The van der Waals surface area contributed by atoms with E-state index in [9.17, 15) is 8.42 Å². The van der Waals surface area contributed by atoms with Gasteiger partial charge in [-0.3, -0.25) is 0 Å². The average molecular weight is 400 g/mol. The van der Waals surface area contributed by atoms with Gasteiger partial charge in [-0.05, 0) is 60.9 Å². The van der Waals surface area contributed by atoms with Crippen molar-refractivity contribution in [1.82, 2.24) is 4.31 Å². The number of hydrogen-bond acceptors (Lipinski definition) is 3. The molecule has 3 nitrogen and oxygen atoms in total. The van der Waals surface area contributed by atoms with Gasteiger partial charge in [0.25, 0.3) is 0 Å². The molecule has 1 saturated carbocycles. The van der Waals surface area contributed by atoms with Crippen LogP contribution in [0, 0.1) is 12.8 Å². The van der Waals surface area contributed by atoms with Gasteiger partial charge in [0.05, 0.1) is 4.90 Å². The van der Waals surface area contributed by atoms with E-state index < -0.39 is 10.0 Å². The predicted octanol–water partition coefficient (Wildman–Crippen LogP) is 5.23. The molecule has 0 bridgehead atoms. The van der Waals surface area contributed by atoms with Gasteiger partial charge in [-0.15, -0.1) is 0 Å². The molecule has 2 fully saturated rings. The van der Waals surface area contributed by atoms with Crippen LogP contribution in [0.2, 0.25) is 0 Å². The number of nitrogens with zero attached hydrogens (tertiary/aromatic N) is 1. The van der Waals surface area contributed by atoms with Crippen molar-refractivity contribution in [2.45, 2.75) is 48.4 Å². The number of aryl methyl sites for hydroxylation is 1. The summed E-state index contributed by atoms with van der Waals surface area (Å²) in [5, 5.41) is 2.20. The van der Waals surface area contributed by atoms with Crippen LogP contribution in [0.3, 0.4) is 0 Å². The van der Waals surface area contributed by atoms with Gasteiger partial charge >= 0.3 is 0 Å². The molecule has 4 rings (SSSR count). The van der Waals surface area contributed by atoms with Crippen molar-refractivity contribution in [3.63, 3.8) is 0 Å². The second-order valence-corrected chi connectivity index (χ2v) is 10.3. The Labute approximate surface area is 166 Å². The average Bonchev–Trinajstić information content (AvgIpc) is 3.07. The minimum atomic E-state index is -3.46. The number of sulfonamides is 1. The normalized spacial score (nSPS) is 24.9. The Morgan fingerprint density at radius 1 is 1.00 bits per heavy atom. The zero-order valence-corrected chi connectivity index (χ0v) is 17.2. The van der Waals surface area contributed by atoms with E-state index in [-0.39, 0.29) is 6.04 Å². The molecule has 5 heteroatoms. The van der Waals surface area contributed by atoms with Crippen molar-refractivity contribution in [1.29, 1.82) is 0 Å². The summed E-state index contributed by atoms with van der Waals surface area (Å²) in [6.07, 6.45) is 4.35. The van der Waals surface area contributed by atoms with Gasteiger partial charge < -0.3 is 0 Å². The van der Waals surface area contributed by atoms with Crippen molar-refractivity contribution in [2.24, 2.45) is 5.92 Å². The third-order valence-electron chi connectivity index (χ3n) is 5.63. The van der Waals surface area contributed by atoms with E-state index in [1.807, 2.05) is 37.3 Å². The maximum absolute atomic E-state index is 13.3. The molecule has 0 unspecified atom stereocenters. The molecular formula is C22H25NO2S2. The number of thioether (sulfide) groups is 1. The molecule has 0 amide bonds. The van der Waals surface area contributed by atoms with E-state index in [4.69, 9.17) is 0 Å². The SMILES string of the molecule is Cc1ccc(S(=O)(=O)N2C/C(=C\Sc3ccccc3)[C@H]3CCCC[C@H]32)cc1. The van der Waals surface area contributed by atoms with E-state index in [2.05, 4.69) is 17.5 Å². The number of fused-ring (bicyclic) bond motifs is 1. The van der Waals surface area contributed by atoms with E-state index in [0.29, 0.717) is 17.4 Å². The van der Waals surface area contributed by atoms with Crippen LogP contribution in [-0.4, -0.2) is 25.3 Å². The first-order chi connectivity index (χ1) is 13.1. The van der Waals surface area contributed by atoms with E-state index in [1.165, 1.54) is 16.9 Å². The molecule has 0 aromatic heterocycles. The lowest BCUT2D eigenvalue weighted by Crippen LogP contribution is -2.39. The Morgan fingerprint density at radius 2 is 1.70 bits per heavy atom. The van der Waals surface area contributed by atoms with Crippen molar-refractivity contribution in [2.75, 3.05) is 6.54 Å². The molecule has 0 radical (unpaired) electrons. The second-order valence-electron chi connectivity index (χ2n) is 7.45. The molecule has 1 aliphatic carbocycles. The van der Waals surface area contributed by atoms with Gasteiger partial charge in [-0.2, -0.15) is 4.31 Å². The lowest BCUT2D eigenvalue weighted by atomic mass is 9.83. The fourth-order valence-electron chi connectivity index (χ4n) is 4.18. The summed E-state index contributed by atoms with van der Waals surface area (Å²) < 4.78 is 28.4. The van der Waals surface area contributed by atoms with Crippen molar-refractivity contribution < 1.29 is 8.42 Å². The summed E-state index contributed by atoms with van der Waals surface area (Å²) in [6.45, 7) is 2.50. The van der Waals surface area contributed by atoms with Crippen LogP contribution in [0.5, 0.6) is 0 Å². The monoisotopic (exact) mass is 399 g/mol. The molecule has 27 heavy (non-hydrogen) atoms. The van der Waals surface area contributed by atoms with Gasteiger partial charge in [0.15, 0.2) is 0 Å². The van der Waals surface area contributed by atoms with Crippen LogP contribution in [0.15, 0.2) is 75.4 Å². The fourth-order valence-corrected chi connectivity index (χ4v) is 6.71. The zero-order chi connectivity index (χ0) is 18.9. The van der Waals surface area contributed by atoms with Crippen LogP contribution in [0.25, 0.3) is 0 Å². The summed E-state index contributed by atoms with van der Waals surface area (Å²) in [7, 11) is -3.46. The Balaban J connectivity index is 1.62. The summed E-state index contributed by atoms with van der Waals surface area (Å²) in [6, 6.07) is 17.6. The lowest BCUT2D eigenvalue weighted by Gasteiger charge is -2.30. The molecule has 2 aromatic carbocycles. The van der Waals surface area contributed by atoms with E-state index >= 15 is 0 Å².